The Bertz CT molecular complexity index is 480. The molecule has 0 aliphatic heterocycles. The zero-order valence-electron chi connectivity index (χ0n) is 12.4. The summed E-state index contributed by atoms with van der Waals surface area (Å²) in [5.41, 5.74) is 6.66. The van der Waals surface area contributed by atoms with E-state index in [1.807, 2.05) is 13.8 Å². The molecule has 6 heteroatoms. The van der Waals surface area contributed by atoms with Crippen LogP contribution in [0.4, 0.5) is 5.82 Å². The first-order valence-electron chi connectivity index (χ1n) is 6.62. The summed E-state index contributed by atoms with van der Waals surface area (Å²) in [5, 5.41) is 5.41. The van der Waals surface area contributed by atoms with E-state index < -0.39 is 6.04 Å². The van der Waals surface area contributed by atoms with Crippen LogP contribution in [0.15, 0.2) is 12.1 Å². The monoisotopic (exact) mass is 278 g/mol. The smallest absolute Gasteiger partial charge is 0.252 e. The van der Waals surface area contributed by atoms with E-state index in [1.54, 1.807) is 19.9 Å². The molecule has 0 bridgehead atoms. The maximum absolute atomic E-state index is 12.0. The van der Waals surface area contributed by atoms with Gasteiger partial charge in [-0.15, -0.1) is 0 Å². The molecule has 1 aromatic heterocycles. The van der Waals surface area contributed by atoms with Crippen molar-refractivity contribution >= 4 is 17.6 Å². The Morgan fingerprint density at radius 2 is 1.95 bits per heavy atom. The van der Waals surface area contributed by atoms with Gasteiger partial charge in [-0.3, -0.25) is 9.59 Å². The standard InChI is InChI=1S/C14H22N4O2/c1-8(2)7-16-13(19)10(4)18-14(20)11-5-9(3)17-12(15)6-11/h5-6,8,10H,7H2,1-4H3,(H2,15,17)(H,16,19)(H,18,20). The van der Waals surface area contributed by atoms with Crippen LogP contribution in [0.5, 0.6) is 0 Å². The summed E-state index contributed by atoms with van der Waals surface area (Å²) in [4.78, 5) is 27.8. The van der Waals surface area contributed by atoms with Crippen LogP contribution in [0.25, 0.3) is 0 Å². The molecule has 1 aromatic rings. The summed E-state index contributed by atoms with van der Waals surface area (Å²) in [6, 6.07) is 2.52. The summed E-state index contributed by atoms with van der Waals surface area (Å²) in [6.45, 7) is 8.00. The van der Waals surface area contributed by atoms with E-state index in [9.17, 15) is 9.59 Å². The molecule has 4 N–H and O–H groups in total. The Morgan fingerprint density at radius 1 is 1.30 bits per heavy atom. The normalized spacial score (nSPS) is 12.1. The third kappa shape index (κ3) is 4.87. The van der Waals surface area contributed by atoms with E-state index in [0.29, 0.717) is 23.7 Å². The van der Waals surface area contributed by atoms with Gasteiger partial charge in [0.25, 0.3) is 5.91 Å². The topological polar surface area (TPSA) is 97.1 Å². The lowest BCUT2D eigenvalue weighted by molar-refractivity contribution is -0.122. The molecule has 1 heterocycles. The van der Waals surface area contributed by atoms with Crippen molar-refractivity contribution in [3.8, 4) is 0 Å². The van der Waals surface area contributed by atoms with Crippen LogP contribution in [-0.4, -0.2) is 29.4 Å². The van der Waals surface area contributed by atoms with Crippen molar-refractivity contribution in [1.82, 2.24) is 15.6 Å². The van der Waals surface area contributed by atoms with Gasteiger partial charge in [-0.25, -0.2) is 4.98 Å². The number of aryl methyl sites for hydroxylation is 1. The van der Waals surface area contributed by atoms with E-state index in [4.69, 9.17) is 5.73 Å². The number of rotatable bonds is 5. The Kier molecular flexibility index (Phi) is 5.49. The van der Waals surface area contributed by atoms with Gasteiger partial charge in [0, 0.05) is 17.8 Å². The molecule has 1 unspecified atom stereocenters. The highest BCUT2D eigenvalue weighted by atomic mass is 16.2. The second-order valence-electron chi connectivity index (χ2n) is 5.26. The van der Waals surface area contributed by atoms with Crippen LogP contribution in [0.2, 0.25) is 0 Å². The van der Waals surface area contributed by atoms with Crippen LogP contribution in [0.3, 0.4) is 0 Å². The third-order valence-electron chi connectivity index (χ3n) is 2.66. The van der Waals surface area contributed by atoms with Gasteiger partial charge >= 0.3 is 0 Å². The number of anilines is 1. The van der Waals surface area contributed by atoms with Crippen molar-refractivity contribution in [3.63, 3.8) is 0 Å². The number of aromatic nitrogens is 1. The average molecular weight is 278 g/mol. The van der Waals surface area contributed by atoms with Gasteiger partial charge in [-0.05, 0) is 31.9 Å². The molecule has 0 radical (unpaired) electrons. The molecule has 0 aliphatic rings. The van der Waals surface area contributed by atoms with Gasteiger partial charge in [-0.1, -0.05) is 13.8 Å². The quantitative estimate of drug-likeness (QED) is 0.744. The van der Waals surface area contributed by atoms with Crippen molar-refractivity contribution in [3.05, 3.63) is 23.4 Å². The van der Waals surface area contributed by atoms with E-state index >= 15 is 0 Å². The number of nitrogen functional groups attached to an aromatic ring is 1. The van der Waals surface area contributed by atoms with E-state index in [-0.39, 0.29) is 17.6 Å². The van der Waals surface area contributed by atoms with Gasteiger partial charge in [0.1, 0.15) is 11.9 Å². The van der Waals surface area contributed by atoms with Crippen molar-refractivity contribution in [2.24, 2.45) is 5.92 Å². The largest absolute Gasteiger partial charge is 0.384 e. The maximum atomic E-state index is 12.0. The molecule has 0 saturated heterocycles. The summed E-state index contributed by atoms with van der Waals surface area (Å²) < 4.78 is 0. The van der Waals surface area contributed by atoms with Crippen LogP contribution >= 0.6 is 0 Å². The molecule has 6 nitrogen and oxygen atoms in total. The van der Waals surface area contributed by atoms with Crippen LogP contribution in [0, 0.1) is 12.8 Å². The summed E-state index contributed by atoms with van der Waals surface area (Å²) >= 11 is 0. The predicted octanol–water partition coefficient (Wildman–Crippen LogP) is 0.863. The van der Waals surface area contributed by atoms with Gasteiger partial charge < -0.3 is 16.4 Å². The van der Waals surface area contributed by atoms with Gasteiger partial charge in [-0.2, -0.15) is 0 Å². The zero-order chi connectivity index (χ0) is 15.3. The number of nitrogens with zero attached hydrogens (tertiary/aromatic N) is 1. The van der Waals surface area contributed by atoms with E-state index in [2.05, 4.69) is 15.6 Å². The first-order chi connectivity index (χ1) is 9.29. The SMILES string of the molecule is Cc1cc(C(=O)NC(C)C(=O)NCC(C)C)cc(N)n1. The summed E-state index contributed by atoms with van der Waals surface area (Å²) in [7, 11) is 0. The number of carbonyl (C=O) groups excluding carboxylic acids is 2. The molecular weight excluding hydrogens is 256 g/mol. The lowest BCUT2D eigenvalue weighted by Gasteiger charge is -2.15. The molecule has 0 fully saturated rings. The van der Waals surface area contributed by atoms with Crippen LogP contribution in [-0.2, 0) is 4.79 Å². The van der Waals surface area contributed by atoms with E-state index in [0.717, 1.165) is 0 Å². The number of amides is 2. The molecule has 1 rings (SSSR count). The van der Waals surface area contributed by atoms with Gasteiger partial charge in [0.2, 0.25) is 5.91 Å². The molecule has 0 spiro atoms. The minimum Gasteiger partial charge on any atom is -0.384 e. The number of hydrogen-bond acceptors (Lipinski definition) is 4. The minimum absolute atomic E-state index is 0.203. The number of hydrogen-bond donors (Lipinski definition) is 3. The Labute approximate surface area is 119 Å². The lowest BCUT2D eigenvalue weighted by Crippen LogP contribution is -2.45. The highest BCUT2D eigenvalue weighted by molar-refractivity contribution is 5.97. The molecule has 0 aromatic carbocycles. The molecular formula is C14H22N4O2. The number of nitrogens with one attached hydrogen (secondary N) is 2. The molecule has 2 amide bonds. The maximum Gasteiger partial charge on any atom is 0.252 e. The fourth-order valence-corrected chi connectivity index (χ4v) is 1.63. The average Bonchev–Trinajstić information content (AvgIpc) is 2.34. The second kappa shape index (κ2) is 6.88. The molecule has 0 aliphatic carbocycles. The fraction of sp³-hybridized carbons (Fsp3) is 0.500. The second-order valence-corrected chi connectivity index (χ2v) is 5.26. The molecule has 110 valence electrons. The highest BCUT2D eigenvalue weighted by Crippen LogP contribution is 2.07. The zero-order valence-corrected chi connectivity index (χ0v) is 12.4. The van der Waals surface area contributed by atoms with Crippen molar-refractivity contribution in [1.29, 1.82) is 0 Å². The highest BCUT2D eigenvalue weighted by Gasteiger charge is 2.17. The first kappa shape index (κ1) is 15.9. The van der Waals surface area contributed by atoms with Gasteiger partial charge in [0.05, 0.1) is 0 Å². The van der Waals surface area contributed by atoms with Crippen molar-refractivity contribution in [2.45, 2.75) is 33.7 Å². The first-order valence-corrected chi connectivity index (χ1v) is 6.62. The van der Waals surface area contributed by atoms with Crippen molar-refractivity contribution in [2.75, 3.05) is 12.3 Å². The van der Waals surface area contributed by atoms with Crippen molar-refractivity contribution < 1.29 is 9.59 Å². The Morgan fingerprint density at radius 3 is 2.50 bits per heavy atom. The fourth-order valence-electron chi connectivity index (χ4n) is 1.63. The van der Waals surface area contributed by atoms with Crippen LogP contribution < -0.4 is 16.4 Å². The summed E-state index contributed by atoms with van der Waals surface area (Å²) in [5.74, 6) is 0.108. The van der Waals surface area contributed by atoms with E-state index in [1.165, 1.54) is 6.07 Å². The molecule has 1 atom stereocenters. The third-order valence-corrected chi connectivity index (χ3v) is 2.66. The number of pyridine rings is 1. The lowest BCUT2D eigenvalue weighted by atomic mass is 10.2. The molecule has 0 saturated carbocycles. The summed E-state index contributed by atoms with van der Waals surface area (Å²) in [6.07, 6.45) is 0. The predicted molar refractivity (Wildman–Crippen MR) is 78.2 cm³/mol. The Hall–Kier alpha value is -2.11. The van der Waals surface area contributed by atoms with Gasteiger partial charge in [0.15, 0.2) is 0 Å². The molecule has 20 heavy (non-hydrogen) atoms. The minimum atomic E-state index is -0.601. The number of nitrogens with two attached hydrogens (primary N) is 1. The number of carbonyl (C=O) groups is 2. The van der Waals surface area contributed by atoms with Crippen LogP contribution in [0.1, 0.15) is 36.8 Å². The Balaban J connectivity index is 2.63.